The average Bonchev–Trinajstić information content (AvgIpc) is 3.65. The second-order valence-corrected chi connectivity index (χ2v) is 13.7. The summed E-state index contributed by atoms with van der Waals surface area (Å²) in [5.74, 6) is 1.88. The molecule has 10 rings (SSSR count). The van der Waals surface area contributed by atoms with Gasteiger partial charge in [-0.15, -0.1) is 0 Å². The van der Waals surface area contributed by atoms with Crippen LogP contribution in [0.3, 0.4) is 0 Å². The fourth-order valence-corrected chi connectivity index (χ4v) is 7.32. The molecule has 0 saturated carbocycles. The first-order valence-corrected chi connectivity index (χ1v) is 18.4. The number of para-hydroxylation sites is 1. The second-order valence-electron chi connectivity index (χ2n) is 13.7. The topological polar surface area (TPSA) is 51.8 Å². The lowest BCUT2D eigenvalue weighted by Gasteiger charge is -2.15. The van der Waals surface area contributed by atoms with Crippen molar-refractivity contribution >= 4 is 21.9 Å². The molecule has 0 aliphatic heterocycles. The molecule has 258 valence electrons. The Hall–Kier alpha value is -7.43. The van der Waals surface area contributed by atoms with Gasteiger partial charge in [0.2, 0.25) is 0 Å². The van der Waals surface area contributed by atoms with E-state index in [0.717, 1.165) is 83.1 Å². The summed E-state index contributed by atoms with van der Waals surface area (Å²) in [6.45, 7) is 0. The fourth-order valence-electron chi connectivity index (χ4n) is 7.32. The minimum Gasteiger partial charge on any atom is -0.456 e. The molecule has 0 N–H and O–H groups in total. The highest BCUT2D eigenvalue weighted by atomic mass is 16.3. The second kappa shape index (κ2) is 13.8. The van der Waals surface area contributed by atoms with Gasteiger partial charge in [-0.3, -0.25) is 0 Å². The average molecular weight is 704 g/mol. The van der Waals surface area contributed by atoms with Gasteiger partial charge in [0.05, 0.1) is 0 Å². The Balaban J connectivity index is 1.19. The van der Waals surface area contributed by atoms with Crippen molar-refractivity contribution < 1.29 is 4.42 Å². The minimum absolute atomic E-state index is 0.614. The van der Waals surface area contributed by atoms with E-state index in [1.807, 2.05) is 78.9 Å². The number of furan rings is 1. The van der Waals surface area contributed by atoms with E-state index in [1.165, 1.54) is 0 Å². The van der Waals surface area contributed by atoms with Crippen molar-refractivity contribution in [3.63, 3.8) is 0 Å². The molecule has 10 aromatic rings. The summed E-state index contributed by atoms with van der Waals surface area (Å²) in [4.78, 5) is 15.2. The third-order valence-corrected chi connectivity index (χ3v) is 10.1. The maximum Gasteiger partial charge on any atom is 0.164 e. The number of aromatic nitrogens is 3. The Morgan fingerprint density at radius 2 is 0.600 bits per heavy atom. The van der Waals surface area contributed by atoms with Crippen LogP contribution in [0.4, 0.5) is 0 Å². The van der Waals surface area contributed by atoms with Crippen LogP contribution >= 0.6 is 0 Å². The van der Waals surface area contributed by atoms with Crippen molar-refractivity contribution in [3.05, 3.63) is 200 Å². The molecule has 0 spiro atoms. The molecule has 0 fully saturated rings. The Labute approximate surface area is 319 Å². The predicted molar refractivity (Wildman–Crippen MR) is 225 cm³/mol. The summed E-state index contributed by atoms with van der Waals surface area (Å²) in [6.07, 6.45) is 0. The largest absolute Gasteiger partial charge is 0.456 e. The molecule has 0 radical (unpaired) electrons. The molecule has 0 atom stereocenters. The number of rotatable bonds is 7. The van der Waals surface area contributed by atoms with E-state index >= 15 is 0 Å². The van der Waals surface area contributed by atoms with Gasteiger partial charge in [0.15, 0.2) is 17.5 Å². The van der Waals surface area contributed by atoms with Crippen molar-refractivity contribution in [3.8, 4) is 78.7 Å². The number of fused-ring (bicyclic) bond motifs is 3. The van der Waals surface area contributed by atoms with Crippen molar-refractivity contribution in [1.82, 2.24) is 15.0 Å². The smallest absolute Gasteiger partial charge is 0.164 e. The maximum absolute atomic E-state index is 6.20. The van der Waals surface area contributed by atoms with Crippen molar-refractivity contribution in [2.24, 2.45) is 0 Å². The molecule has 0 saturated heterocycles. The van der Waals surface area contributed by atoms with E-state index in [-0.39, 0.29) is 0 Å². The quantitative estimate of drug-likeness (QED) is 0.166. The van der Waals surface area contributed by atoms with Crippen molar-refractivity contribution in [2.45, 2.75) is 0 Å². The van der Waals surface area contributed by atoms with E-state index < -0.39 is 0 Å². The maximum atomic E-state index is 6.20. The van der Waals surface area contributed by atoms with Crippen LogP contribution in [0.15, 0.2) is 205 Å². The van der Waals surface area contributed by atoms with Gasteiger partial charge in [0.25, 0.3) is 0 Å². The van der Waals surface area contributed by atoms with Crippen LogP contribution in [0.5, 0.6) is 0 Å². The molecule has 0 amide bonds. The number of benzene rings is 8. The lowest BCUT2D eigenvalue weighted by atomic mass is 9.90. The van der Waals surface area contributed by atoms with E-state index in [9.17, 15) is 0 Å². The van der Waals surface area contributed by atoms with Crippen molar-refractivity contribution in [1.29, 1.82) is 0 Å². The van der Waals surface area contributed by atoms with Gasteiger partial charge in [-0.25, -0.2) is 15.0 Å². The highest BCUT2D eigenvalue weighted by Gasteiger charge is 2.17. The summed E-state index contributed by atoms with van der Waals surface area (Å²) in [7, 11) is 0. The Bertz CT molecular complexity index is 2900. The zero-order chi connectivity index (χ0) is 36.6. The molecule has 0 aliphatic rings. The van der Waals surface area contributed by atoms with Crippen LogP contribution in [0.2, 0.25) is 0 Å². The Kier molecular flexibility index (Phi) is 8.12. The summed E-state index contributed by atoms with van der Waals surface area (Å²) >= 11 is 0. The summed E-state index contributed by atoms with van der Waals surface area (Å²) in [5.41, 5.74) is 13.4. The monoisotopic (exact) mass is 703 g/mol. The van der Waals surface area contributed by atoms with Crippen LogP contribution in [-0.4, -0.2) is 15.0 Å². The van der Waals surface area contributed by atoms with Crippen LogP contribution in [0.1, 0.15) is 0 Å². The van der Waals surface area contributed by atoms with Gasteiger partial charge >= 0.3 is 0 Å². The van der Waals surface area contributed by atoms with Gasteiger partial charge in [0.1, 0.15) is 11.2 Å². The van der Waals surface area contributed by atoms with E-state index in [2.05, 4.69) is 121 Å². The first-order chi connectivity index (χ1) is 27.2. The minimum atomic E-state index is 0.614. The standard InChI is InChI=1S/C51H33N3O/c1-5-15-34(16-6-1)39-27-41(38-25-26-48-46(33-38)45-23-13-14-24-47(45)55-48)30-42(28-39)43-29-40(35-17-7-2-8-18-35)31-44(32-43)51-53-49(36-19-9-3-10-20-36)52-50(54-51)37-21-11-4-12-22-37/h1-33H. The molecule has 0 unspecified atom stereocenters. The van der Waals surface area contributed by atoms with Gasteiger partial charge in [-0.1, -0.05) is 146 Å². The predicted octanol–water partition coefficient (Wildman–Crippen LogP) is 13.4. The highest BCUT2D eigenvalue weighted by Crippen LogP contribution is 2.39. The van der Waals surface area contributed by atoms with Crippen LogP contribution in [0, 0.1) is 0 Å². The molecule has 4 heteroatoms. The van der Waals surface area contributed by atoms with Crippen LogP contribution in [0.25, 0.3) is 101 Å². The normalized spacial score (nSPS) is 11.3. The summed E-state index contributed by atoms with van der Waals surface area (Å²) in [6, 6.07) is 69.6. The van der Waals surface area contributed by atoms with Gasteiger partial charge in [-0.05, 0) is 99.1 Å². The Morgan fingerprint density at radius 1 is 0.236 bits per heavy atom. The van der Waals surface area contributed by atoms with Crippen molar-refractivity contribution in [2.75, 3.05) is 0 Å². The third kappa shape index (κ3) is 6.36. The molecule has 8 aromatic carbocycles. The molecule has 4 nitrogen and oxygen atoms in total. The first kappa shape index (κ1) is 32.2. The van der Waals surface area contributed by atoms with Gasteiger partial charge in [0, 0.05) is 27.5 Å². The fraction of sp³-hybridized carbons (Fsp3) is 0. The molecule has 2 heterocycles. The van der Waals surface area contributed by atoms with Crippen LogP contribution < -0.4 is 0 Å². The van der Waals surface area contributed by atoms with Gasteiger partial charge in [-0.2, -0.15) is 0 Å². The summed E-state index contributed by atoms with van der Waals surface area (Å²) in [5, 5.41) is 2.22. The first-order valence-electron chi connectivity index (χ1n) is 18.4. The van der Waals surface area contributed by atoms with E-state index in [0.29, 0.717) is 17.5 Å². The summed E-state index contributed by atoms with van der Waals surface area (Å²) < 4.78 is 6.20. The third-order valence-electron chi connectivity index (χ3n) is 10.1. The zero-order valence-corrected chi connectivity index (χ0v) is 29.8. The lowest BCUT2D eigenvalue weighted by Crippen LogP contribution is -2.00. The number of hydrogen-bond acceptors (Lipinski definition) is 4. The SMILES string of the molecule is c1ccc(-c2cc(-c3cc(-c4ccccc4)cc(-c4nc(-c5ccccc5)nc(-c5ccccc5)n4)c3)cc(-c3ccc4oc5ccccc5c4c3)c2)cc1. The highest BCUT2D eigenvalue weighted by molar-refractivity contribution is 6.06. The molecule has 0 bridgehead atoms. The molecule has 2 aromatic heterocycles. The molecule has 0 aliphatic carbocycles. The zero-order valence-electron chi connectivity index (χ0n) is 29.8. The molecular formula is C51H33N3O. The number of nitrogens with zero attached hydrogens (tertiary/aromatic N) is 3. The number of hydrogen-bond donors (Lipinski definition) is 0. The Morgan fingerprint density at radius 3 is 1.11 bits per heavy atom. The van der Waals surface area contributed by atoms with E-state index in [1.54, 1.807) is 0 Å². The molecule has 55 heavy (non-hydrogen) atoms. The van der Waals surface area contributed by atoms with E-state index in [4.69, 9.17) is 19.4 Å². The van der Waals surface area contributed by atoms with Gasteiger partial charge < -0.3 is 4.42 Å². The molecular weight excluding hydrogens is 671 g/mol. The lowest BCUT2D eigenvalue weighted by molar-refractivity contribution is 0.669. The van der Waals surface area contributed by atoms with Crippen LogP contribution in [-0.2, 0) is 0 Å².